The molecule has 0 atom stereocenters. The molecule has 0 fully saturated rings. The highest BCUT2D eigenvalue weighted by Gasteiger charge is 2.04. The molecule has 0 amide bonds. The minimum absolute atomic E-state index is 0.526. The van der Waals surface area contributed by atoms with E-state index in [0.717, 1.165) is 23.6 Å². The third-order valence-electron chi connectivity index (χ3n) is 3.08. The Kier molecular flexibility index (Phi) is 3.45. The highest BCUT2D eigenvalue weighted by molar-refractivity contribution is 5.58. The second-order valence-corrected chi connectivity index (χ2v) is 4.30. The number of hydrogen-bond donors (Lipinski definition) is 1. The molecule has 2 aromatic heterocycles. The van der Waals surface area contributed by atoms with Crippen LogP contribution in [-0.2, 0) is 13.1 Å². The Hall–Kier alpha value is -2.63. The number of hydrogen-bond acceptors (Lipinski definition) is 5. The molecule has 3 aromatic rings. The van der Waals surface area contributed by atoms with Crippen LogP contribution in [0, 0.1) is 0 Å². The highest BCUT2D eigenvalue weighted by atomic mass is 16.4. The molecule has 2 heterocycles. The zero-order valence-corrected chi connectivity index (χ0v) is 11.2. The number of aryl methyl sites for hydroxylation is 1. The molecule has 1 N–H and O–H groups in total. The van der Waals surface area contributed by atoms with Gasteiger partial charge < -0.3 is 14.3 Å². The molecule has 0 aliphatic rings. The molecule has 0 saturated heterocycles. The molecule has 6 nitrogen and oxygen atoms in total. The van der Waals surface area contributed by atoms with Crippen LogP contribution in [0.25, 0.3) is 11.5 Å². The van der Waals surface area contributed by atoms with Crippen LogP contribution >= 0.6 is 0 Å². The standard InChI is InChI=1S/C14H15N5O/c1-2-19-8-7-15-13(19)9-16-12-5-3-11(4-6-12)14-18-17-10-20-14/h3-8,10,16H,2,9H2,1H3. The minimum Gasteiger partial charge on any atom is -0.423 e. The van der Waals surface area contributed by atoms with E-state index >= 15 is 0 Å². The lowest BCUT2D eigenvalue weighted by Gasteiger charge is -2.08. The van der Waals surface area contributed by atoms with Crippen LogP contribution in [0.1, 0.15) is 12.7 Å². The van der Waals surface area contributed by atoms with Gasteiger partial charge in [0.1, 0.15) is 5.82 Å². The molecule has 0 aliphatic heterocycles. The summed E-state index contributed by atoms with van der Waals surface area (Å²) in [5, 5.41) is 10.9. The molecule has 0 aliphatic carbocycles. The molecule has 0 saturated carbocycles. The fourth-order valence-corrected chi connectivity index (χ4v) is 2.01. The maximum Gasteiger partial charge on any atom is 0.247 e. The molecule has 0 spiro atoms. The highest BCUT2D eigenvalue weighted by Crippen LogP contribution is 2.19. The number of anilines is 1. The van der Waals surface area contributed by atoms with Crippen molar-refractivity contribution >= 4 is 5.69 Å². The fraction of sp³-hybridized carbons (Fsp3) is 0.214. The average molecular weight is 269 g/mol. The Morgan fingerprint density at radius 3 is 2.80 bits per heavy atom. The first-order valence-electron chi connectivity index (χ1n) is 6.47. The molecule has 0 radical (unpaired) electrons. The second kappa shape index (κ2) is 5.56. The minimum atomic E-state index is 0.526. The van der Waals surface area contributed by atoms with Crippen molar-refractivity contribution in [3.05, 3.63) is 48.9 Å². The summed E-state index contributed by atoms with van der Waals surface area (Å²) in [5.74, 6) is 1.55. The molecule has 0 bridgehead atoms. The van der Waals surface area contributed by atoms with E-state index in [1.807, 2.05) is 36.7 Å². The van der Waals surface area contributed by atoms with Gasteiger partial charge in [0.15, 0.2) is 0 Å². The summed E-state index contributed by atoms with van der Waals surface area (Å²) in [5.41, 5.74) is 1.93. The lowest BCUT2D eigenvalue weighted by Crippen LogP contribution is -2.07. The van der Waals surface area contributed by atoms with Crippen molar-refractivity contribution in [2.24, 2.45) is 0 Å². The fourth-order valence-electron chi connectivity index (χ4n) is 2.01. The molecular formula is C14H15N5O. The average Bonchev–Trinajstić information content (AvgIpc) is 3.16. The van der Waals surface area contributed by atoms with Gasteiger partial charge in [0, 0.05) is 30.2 Å². The number of imidazole rings is 1. The van der Waals surface area contributed by atoms with Gasteiger partial charge >= 0.3 is 0 Å². The van der Waals surface area contributed by atoms with E-state index in [2.05, 4.69) is 32.0 Å². The smallest absolute Gasteiger partial charge is 0.247 e. The lowest BCUT2D eigenvalue weighted by atomic mass is 10.2. The number of rotatable bonds is 5. The van der Waals surface area contributed by atoms with Crippen molar-refractivity contribution < 1.29 is 4.42 Å². The van der Waals surface area contributed by atoms with Crippen molar-refractivity contribution in [2.45, 2.75) is 20.0 Å². The van der Waals surface area contributed by atoms with E-state index in [4.69, 9.17) is 4.42 Å². The SMILES string of the molecule is CCn1ccnc1CNc1ccc(-c2nnco2)cc1. The number of benzene rings is 1. The predicted octanol–water partition coefficient (Wildman–Crippen LogP) is 2.57. The van der Waals surface area contributed by atoms with Gasteiger partial charge in [0.25, 0.3) is 0 Å². The molecule has 20 heavy (non-hydrogen) atoms. The summed E-state index contributed by atoms with van der Waals surface area (Å²) in [4.78, 5) is 4.33. The van der Waals surface area contributed by atoms with Gasteiger partial charge in [-0.05, 0) is 31.2 Å². The molecular weight excluding hydrogens is 254 g/mol. The first-order valence-corrected chi connectivity index (χ1v) is 6.47. The Bertz CT molecular complexity index is 657. The van der Waals surface area contributed by atoms with E-state index < -0.39 is 0 Å². The van der Waals surface area contributed by atoms with Crippen LogP contribution in [0.15, 0.2) is 47.5 Å². The van der Waals surface area contributed by atoms with Gasteiger partial charge in [-0.1, -0.05) is 0 Å². The quantitative estimate of drug-likeness (QED) is 0.771. The van der Waals surface area contributed by atoms with Gasteiger partial charge in [-0.2, -0.15) is 0 Å². The van der Waals surface area contributed by atoms with E-state index in [1.54, 1.807) is 0 Å². The van der Waals surface area contributed by atoms with Crippen molar-refractivity contribution in [3.8, 4) is 11.5 Å². The van der Waals surface area contributed by atoms with Crippen LogP contribution in [0.4, 0.5) is 5.69 Å². The number of nitrogens with one attached hydrogen (secondary N) is 1. The molecule has 1 aromatic carbocycles. The third-order valence-corrected chi connectivity index (χ3v) is 3.08. The monoisotopic (exact) mass is 269 g/mol. The Morgan fingerprint density at radius 1 is 1.25 bits per heavy atom. The molecule has 102 valence electrons. The van der Waals surface area contributed by atoms with Crippen LogP contribution in [0.3, 0.4) is 0 Å². The van der Waals surface area contributed by atoms with E-state index in [1.165, 1.54) is 6.39 Å². The molecule has 6 heteroatoms. The molecule has 3 rings (SSSR count). The van der Waals surface area contributed by atoms with Gasteiger partial charge in [-0.15, -0.1) is 10.2 Å². The summed E-state index contributed by atoms with van der Waals surface area (Å²) < 4.78 is 7.26. The Labute approximate surface area is 116 Å². The Morgan fingerprint density at radius 2 is 2.10 bits per heavy atom. The van der Waals surface area contributed by atoms with Gasteiger partial charge in [0.05, 0.1) is 6.54 Å². The van der Waals surface area contributed by atoms with Crippen molar-refractivity contribution in [2.75, 3.05) is 5.32 Å². The summed E-state index contributed by atoms with van der Waals surface area (Å²) in [7, 11) is 0. The van der Waals surface area contributed by atoms with E-state index in [0.29, 0.717) is 12.4 Å². The zero-order valence-electron chi connectivity index (χ0n) is 11.2. The largest absolute Gasteiger partial charge is 0.423 e. The lowest BCUT2D eigenvalue weighted by molar-refractivity contribution is 0.568. The topological polar surface area (TPSA) is 68.8 Å². The summed E-state index contributed by atoms with van der Waals surface area (Å²) in [6, 6.07) is 7.86. The maximum absolute atomic E-state index is 5.15. The summed E-state index contributed by atoms with van der Waals surface area (Å²) >= 11 is 0. The predicted molar refractivity (Wildman–Crippen MR) is 75.0 cm³/mol. The van der Waals surface area contributed by atoms with Crippen LogP contribution in [0.5, 0.6) is 0 Å². The van der Waals surface area contributed by atoms with Gasteiger partial charge in [-0.25, -0.2) is 4.98 Å². The van der Waals surface area contributed by atoms with E-state index in [9.17, 15) is 0 Å². The second-order valence-electron chi connectivity index (χ2n) is 4.30. The summed E-state index contributed by atoms with van der Waals surface area (Å²) in [6.45, 7) is 3.72. The zero-order chi connectivity index (χ0) is 13.8. The van der Waals surface area contributed by atoms with Crippen molar-refractivity contribution in [1.82, 2.24) is 19.7 Å². The number of nitrogens with zero attached hydrogens (tertiary/aromatic N) is 4. The normalized spacial score (nSPS) is 10.7. The summed E-state index contributed by atoms with van der Waals surface area (Å²) in [6.07, 6.45) is 5.13. The van der Waals surface area contributed by atoms with Crippen molar-refractivity contribution in [1.29, 1.82) is 0 Å². The van der Waals surface area contributed by atoms with Crippen molar-refractivity contribution in [3.63, 3.8) is 0 Å². The third kappa shape index (κ3) is 2.54. The van der Waals surface area contributed by atoms with Crippen LogP contribution < -0.4 is 5.32 Å². The van der Waals surface area contributed by atoms with Crippen LogP contribution in [-0.4, -0.2) is 19.7 Å². The van der Waals surface area contributed by atoms with Gasteiger partial charge in [0.2, 0.25) is 12.3 Å². The maximum atomic E-state index is 5.15. The number of aromatic nitrogens is 4. The molecule has 0 unspecified atom stereocenters. The van der Waals surface area contributed by atoms with E-state index in [-0.39, 0.29) is 0 Å². The first kappa shape index (κ1) is 12.4. The first-order chi connectivity index (χ1) is 9.86. The van der Waals surface area contributed by atoms with Gasteiger partial charge in [-0.3, -0.25) is 0 Å². The Balaban J connectivity index is 1.67. The van der Waals surface area contributed by atoms with Crippen LogP contribution in [0.2, 0.25) is 0 Å².